The highest BCUT2D eigenvalue weighted by molar-refractivity contribution is 8.15. The van der Waals surface area contributed by atoms with E-state index in [0.29, 0.717) is 58.4 Å². The van der Waals surface area contributed by atoms with Gasteiger partial charge in [0.15, 0.2) is 18.3 Å². The van der Waals surface area contributed by atoms with E-state index < -0.39 is 6.09 Å². The van der Waals surface area contributed by atoms with E-state index in [9.17, 15) is 4.79 Å². The molecule has 0 fully saturated rings. The van der Waals surface area contributed by atoms with Crippen molar-refractivity contribution in [2.75, 3.05) is 26.8 Å². The molecule has 1 aromatic heterocycles. The fourth-order valence-corrected chi connectivity index (χ4v) is 3.90. The third kappa shape index (κ3) is 5.69. The van der Waals surface area contributed by atoms with E-state index in [-0.39, 0.29) is 6.79 Å². The molecule has 0 atom stereocenters. The van der Waals surface area contributed by atoms with Crippen molar-refractivity contribution in [1.82, 2.24) is 10.1 Å². The summed E-state index contributed by atoms with van der Waals surface area (Å²) in [6, 6.07) is 11.1. The summed E-state index contributed by atoms with van der Waals surface area (Å²) in [7, 11) is 1.28. The molecule has 0 unspecified atom stereocenters. The zero-order valence-electron chi connectivity index (χ0n) is 19.7. The first-order valence-electron chi connectivity index (χ1n) is 10.7. The molecule has 1 aliphatic rings. The first-order valence-corrected chi connectivity index (χ1v) is 12.0. The summed E-state index contributed by atoms with van der Waals surface area (Å²) in [5.41, 5.74) is 3.40. The lowest BCUT2D eigenvalue weighted by atomic mass is 10.0. The van der Waals surface area contributed by atoms with Crippen LogP contribution in [0.1, 0.15) is 23.9 Å². The molecule has 0 N–H and O–H groups in total. The van der Waals surface area contributed by atoms with Crippen LogP contribution in [-0.4, -0.2) is 53.8 Å². The number of carbonyl (C=O) groups is 1. The van der Waals surface area contributed by atoms with Gasteiger partial charge in [0.2, 0.25) is 11.7 Å². The SMILES string of the molecule is CCOc1cc(C(=N\c2ccc(-c3noc(C)n3)cc2)/C(=N/C(=O)OC)SC)cc2c1OCOC2. The number of hydrogen-bond acceptors (Lipinski definition) is 10. The predicted octanol–water partition coefficient (Wildman–Crippen LogP) is 4.96. The van der Waals surface area contributed by atoms with E-state index in [1.807, 2.05) is 49.6 Å². The molecule has 1 amide bonds. The summed E-state index contributed by atoms with van der Waals surface area (Å²) in [6.07, 6.45) is 1.09. The normalized spacial score (nSPS) is 13.7. The van der Waals surface area contributed by atoms with Gasteiger partial charge in [0.05, 0.1) is 26.0 Å². The van der Waals surface area contributed by atoms with E-state index in [0.717, 1.165) is 11.1 Å². The van der Waals surface area contributed by atoms with Crippen LogP contribution in [0.15, 0.2) is 50.9 Å². The van der Waals surface area contributed by atoms with Crippen LogP contribution < -0.4 is 9.47 Å². The van der Waals surface area contributed by atoms with Gasteiger partial charge in [-0.2, -0.15) is 9.98 Å². The summed E-state index contributed by atoms with van der Waals surface area (Å²) < 4.78 is 26.8. The third-order valence-electron chi connectivity index (χ3n) is 4.91. The average Bonchev–Trinajstić information content (AvgIpc) is 3.32. The van der Waals surface area contributed by atoms with E-state index in [1.54, 1.807) is 6.92 Å². The van der Waals surface area contributed by atoms with Crippen molar-refractivity contribution in [2.24, 2.45) is 9.98 Å². The second-order valence-electron chi connectivity index (χ2n) is 7.24. The Morgan fingerprint density at radius 1 is 1.23 bits per heavy atom. The molecule has 1 aliphatic heterocycles. The molecule has 4 rings (SSSR count). The number of benzene rings is 2. The van der Waals surface area contributed by atoms with Gasteiger partial charge in [0.1, 0.15) is 10.8 Å². The third-order valence-corrected chi connectivity index (χ3v) is 5.58. The van der Waals surface area contributed by atoms with E-state index in [2.05, 4.69) is 15.1 Å². The lowest BCUT2D eigenvalue weighted by molar-refractivity contribution is -0.0183. The quantitative estimate of drug-likeness (QED) is 0.345. The molecule has 0 saturated carbocycles. The Labute approximate surface area is 206 Å². The Morgan fingerprint density at radius 3 is 2.69 bits per heavy atom. The van der Waals surface area contributed by atoms with Crippen molar-refractivity contribution >= 4 is 34.3 Å². The number of aromatic nitrogens is 2. The highest BCUT2D eigenvalue weighted by Crippen LogP contribution is 2.37. The minimum atomic E-state index is -0.723. The van der Waals surface area contributed by atoms with Crippen LogP contribution in [0.25, 0.3) is 11.4 Å². The van der Waals surface area contributed by atoms with Gasteiger partial charge in [0, 0.05) is 23.6 Å². The number of nitrogens with zero attached hydrogens (tertiary/aromatic N) is 4. The number of methoxy groups -OCH3 is 1. The maximum atomic E-state index is 12.0. The Kier molecular flexibility index (Phi) is 7.78. The molecule has 2 aromatic carbocycles. The van der Waals surface area contributed by atoms with Gasteiger partial charge >= 0.3 is 6.09 Å². The summed E-state index contributed by atoms with van der Waals surface area (Å²) in [5.74, 6) is 2.18. The van der Waals surface area contributed by atoms with Crippen molar-refractivity contribution in [2.45, 2.75) is 20.5 Å². The van der Waals surface area contributed by atoms with Crippen LogP contribution >= 0.6 is 11.8 Å². The maximum Gasteiger partial charge on any atom is 0.434 e. The molecule has 3 aromatic rings. The molecule has 0 spiro atoms. The number of rotatable bonds is 6. The molecule has 11 heteroatoms. The fraction of sp³-hybridized carbons (Fsp3) is 0.292. The van der Waals surface area contributed by atoms with Gasteiger partial charge in [0.25, 0.3) is 0 Å². The van der Waals surface area contributed by atoms with Gasteiger partial charge in [-0.25, -0.2) is 9.79 Å². The molecular formula is C24H24N4O6S. The topological polar surface area (TPSA) is 118 Å². The summed E-state index contributed by atoms with van der Waals surface area (Å²) in [5, 5.41) is 4.33. The standard InChI is InChI=1S/C24H24N4O6S/c1-5-32-19-11-16(10-17-12-31-13-33-21(17)19)20(23(35-4)27-24(29)30-3)26-18-8-6-15(7-9-18)22-25-14(2)34-28-22/h6-11H,5,12-13H2,1-4H3/b26-20+,27-23-. The van der Waals surface area contributed by atoms with Gasteiger partial charge < -0.3 is 23.5 Å². The second kappa shape index (κ2) is 11.2. The van der Waals surface area contributed by atoms with Crippen molar-refractivity contribution < 1.29 is 28.3 Å². The van der Waals surface area contributed by atoms with Gasteiger partial charge in [-0.3, -0.25) is 0 Å². The molecule has 2 heterocycles. The minimum absolute atomic E-state index is 0.152. The zero-order valence-corrected chi connectivity index (χ0v) is 20.5. The molecular weight excluding hydrogens is 472 g/mol. The number of aliphatic imine (C=N–C) groups is 2. The van der Waals surface area contributed by atoms with Gasteiger partial charge in [-0.05, 0) is 49.6 Å². The van der Waals surface area contributed by atoms with Crippen molar-refractivity contribution in [1.29, 1.82) is 0 Å². The fourth-order valence-electron chi connectivity index (χ4n) is 3.37. The van der Waals surface area contributed by atoms with E-state index in [4.69, 9.17) is 28.5 Å². The maximum absolute atomic E-state index is 12.0. The number of aryl methyl sites for hydroxylation is 1. The highest BCUT2D eigenvalue weighted by Gasteiger charge is 2.22. The number of thioether (sulfide) groups is 1. The molecule has 0 radical (unpaired) electrons. The second-order valence-corrected chi connectivity index (χ2v) is 8.04. The number of hydrogen-bond donors (Lipinski definition) is 0. The van der Waals surface area contributed by atoms with Crippen LogP contribution in [0, 0.1) is 6.92 Å². The monoisotopic (exact) mass is 496 g/mol. The van der Waals surface area contributed by atoms with Gasteiger partial charge in [-0.15, -0.1) is 11.8 Å². The Hall–Kier alpha value is -3.70. The summed E-state index contributed by atoms with van der Waals surface area (Å²) in [4.78, 5) is 25.2. The predicted molar refractivity (Wildman–Crippen MR) is 132 cm³/mol. The van der Waals surface area contributed by atoms with E-state index >= 15 is 0 Å². The number of carbonyl (C=O) groups excluding carboxylic acids is 1. The molecule has 182 valence electrons. The number of fused-ring (bicyclic) bond motifs is 1. The lowest BCUT2D eigenvalue weighted by Crippen LogP contribution is -2.18. The van der Waals surface area contributed by atoms with E-state index in [1.165, 1.54) is 18.9 Å². The minimum Gasteiger partial charge on any atom is -0.490 e. The zero-order chi connectivity index (χ0) is 24.8. The van der Waals surface area contributed by atoms with Crippen LogP contribution in [0.2, 0.25) is 0 Å². The van der Waals surface area contributed by atoms with Crippen molar-refractivity contribution in [3.8, 4) is 22.9 Å². The highest BCUT2D eigenvalue weighted by atomic mass is 32.2. The van der Waals surface area contributed by atoms with Crippen LogP contribution in [0.5, 0.6) is 11.5 Å². The largest absolute Gasteiger partial charge is 0.490 e. The molecule has 0 bridgehead atoms. The van der Waals surface area contributed by atoms with Gasteiger partial charge in [-0.1, -0.05) is 5.16 Å². The van der Waals surface area contributed by atoms with Crippen molar-refractivity contribution in [3.05, 3.63) is 53.4 Å². The molecule has 10 nitrogen and oxygen atoms in total. The summed E-state index contributed by atoms with van der Waals surface area (Å²) >= 11 is 1.28. The van der Waals surface area contributed by atoms with Crippen molar-refractivity contribution in [3.63, 3.8) is 0 Å². The van der Waals surface area contributed by atoms with Crippen LogP contribution in [-0.2, 0) is 16.1 Å². The Balaban J connectivity index is 1.82. The Morgan fingerprint density at radius 2 is 2.03 bits per heavy atom. The molecule has 0 saturated heterocycles. The summed E-state index contributed by atoms with van der Waals surface area (Å²) in [6.45, 7) is 4.59. The van der Waals surface area contributed by atoms with Crippen LogP contribution in [0.3, 0.4) is 0 Å². The number of ether oxygens (including phenoxy) is 4. The first-order chi connectivity index (χ1) is 17.0. The lowest BCUT2D eigenvalue weighted by Gasteiger charge is -2.22. The molecule has 0 aliphatic carbocycles. The average molecular weight is 497 g/mol. The first kappa shape index (κ1) is 24.4. The number of amides is 1. The molecule has 35 heavy (non-hydrogen) atoms. The smallest absolute Gasteiger partial charge is 0.434 e. The van der Waals surface area contributed by atoms with Crippen LogP contribution in [0.4, 0.5) is 10.5 Å². The Bertz CT molecular complexity index is 1270.